The zero-order chi connectivity index (χ0) is 40.0. The van der Waals surface area contributed by atoms with E-state index in [0.717, 1.165) is 4.90 Å². The lowest BCUT2D eigenvalue weighted by Crippen LogP contribution is -2.62. The van der Waals surface area contributed by atoms with Crippen molar-refractivity contribution in [2.45, 2.75) is 115 Å². The van der Waals surface area contributed by atoms with Gasteiger partial charge in [0.05, 0.1) is 25.2 Å². The summed E-state index contributed by atoms with van der Waals surface area (Å²) in [5, 5.41) is 49.3. The average Bonchev–Trinajstić information content (AvgIpc) is 3.54. The molecule has 0 spiro atoms. The second-order valence-electron chi connectivity index (χ2n) is 13.2. The van der Waals surface area contributed by atoms with Crippen LogP contribution in [0.2, 0.25) is 0 Å². The van der Waals surface area contributed by atoms with Crippen LogP contribution in [0.4, 0.5) is 0 Å². The van der Waals surface area contributed by atoms with E-state index in [1.165, 1.54) is 6.92 Å². The maximum atomic E-state index is 13.9. The van der Waals surface area contributed by atoms with Gasteiger partial charge in [-0.25, -0.2) is 4.79 Å². The van der Waals surface area contributed by atoms with Crippen molar-refractivity contribution < 1.29 is 63.6 Å². The number of rotatable bonds is 21. The minimum absolute atomic E-state index is 0.0279. The Kier molecular flexibility index (Phi) is 18.1. The predicted octanol–water partition coefficient (Wildman–Crippen LogP) is -4.76. The van der Waals surface area contributed by atoms with Crippen molar-refractivity contribution >= 4 is 53.3 Å². The normalized spacial score (nSPS) is 18.2. The van der Waals surface area contributed by atoms with Crippen molar-refractivity contribution in [2.24, 2.45) is 23.3 Å². The third-order valence-electron chi connectivity index (χ3n) is 8.27. The summed E-state index contributed by atoms with van der Waals surface area (Å²) < 4.78 is 0. The number of aliphatic hydroxyl groups is 2. The molecule has 21 heteroatoms. The summed E-state index contributed by atoms with van der Waals surface area (Å²) in [6.45, 7) is 6.69. The molecule has 0 unspecified atom stereocenters. The van der Waals surface area contributed by atoms with E-state index >= 15 is 0 Å². The van der Waals surface area contributed by atoms with Crippen molar-refractivity contribution in [1.29, 1.82) is 0 Å². The van der Waals surface area contributed by atoms with Gasteiger partial charge in [-0.1, -0.05) is 27.7 Å². The number of nitrogens with two attached hydrogens (primary N) is 2. The Labute approximate surface area is 300 Å². The minimum Gasteiger partial charge on any atom is -0.481 e. The van der Waals surface area contributed by atoms with Gasteiger partial charge in [0.1, 0.15) is 36.3 Å². The molecule has 0 aromatic heterocycles. The summed E-state index contributed by atoms with van der Waals surface area (Å²) in [6, 6.07) is -10.2. The van der Waals surface area contributed by atoms with Crippen LogP contribution < -0.4 is 38.1 Å². The van der Waals surface area contributed by atoms with Crippen molar-refractivity contribution in [3.8, 4) is 0 Å². The fraction of sp³-hybridized carbons (Fsp3) is 0.710. The fourth-order valence-electron chi connectivity index (χ4n) is 5.15. The summed E-state index contributed by atoms with van der Waals surface area (Å²) in [5.74, 6) is -10.5. The topological polar surface area (TPSA) is 350 Å². The predicted molar refractivity (Wildman–Crippen MR) is 179 cm³/mol. The average molecular weight is 745 g/mol. The number of carboxylic acid groups (broad SMARTS) is 2. The minimum atomic E-state index is -1.80. The summed E-state index contributed by atoms with van der Waals surface area (Å²) in [5.41, 5.74) is 11.2. The maximum Gasteiger partial charge on any atom is 0.328 e. The molecule has 0 aliphatic carbocycles. The zero-order valence-corrected chi connectivity index (χ0v) is 29.8. The van der Waals surface area contributed by atoms with Crippen molar-refractivity contribution in [3.63, 3.8) is 0 Å². The molecule has 52 heavy (non-hydrogen) atoms. The number of carbonyl (C=O) groups is 9. The van der Waals surface area contributed by atoms with Crippen molar-refractivity contribution in [3.05, 3.63) is 0 Å². The van der Waals surface area contributed by atoms with Gasteiger partial charge in [-0.05, 0) is 38.0 Å². The van der Waals surface area contributed by atoms with Crippen LogP contribution in [0.5, 0.6) is 0 Å². The number of carbonyl (C=O) groups excluding carboxylic acids is 7. The van der Waals surface area contributed by atoms with Gasteiger partial charge < -0.3 is 63.4 Å². The van der Waals surface area contributed by atoms with Gasteiger partial charge in [0.25, 0.3) is 0 Å². The lowest BCUT2D eigenvalue weighted by molar-refractivity contribution is -0.145. The number of nitrogens with zero attached hydrogens (tertiary/aromatic N) is 1. The Bertz CT molecular complexity index is 1340. The van der Waals surface area contributed by atoms with Gasteiger partial charge >= 0.3 is 11.9 Å². The highest BCUT2D eigenvalue weighted by molar-refractivity contribution is 5.98. The van der Waals surface area contributed by atoms with E-state index in [-0.39, 0.29) is 38.1 Å². The Hall–Kier alpha value is -4.89. The van der Waals surface area contributed by atoms with Gasteiger partial charge in [-0.15, -0.1) is 0 Å². The monoisotopic (exact) mass is 744 g/mol. The SMILES string of the molecule is CC(C)[C@H](N)C(=O)N[C@H](C(=O)N[C@H](C(=O)N[C@@H](CCC(N)=O)C(=O)N1CCC[C@H]1C(=O)N[C@@H](CC(=O)O)C(=O)N[C@@H](CO)C(=O)O)C(C)C)[C@@H](C)O. The van der Waals surface area contributed by atoms with Crippen LogP contribution in [0.25, 0.3) is 0 Å². The van der Waals surface area contributed by atoms with E-state index < -0.39 is 121 Å². The smallest absolute Gasteiger partial charge is 0.328 e. The first-order chi connectivity index (χ1) is 24.1. The lowest BCUT2D eigenvalue weighted by atomic mass is 10.00. The van der Waals surface area contributed by atoms with Gasteiger partial charge in [0.2, 0.25) is 41.4 Å². The number of carboxylic acids is 2. The first-order valence-corrected chi connectivity index (χ1v) is 16.7. The van der Waals surface area contributed by atoms with E-state index in [9.17, 15) is 58.5 Å². The largest absolute Gasteiger partial charge is 0.481 e. The van der Waals surface area contributed by atoms with Crippen molar-refractivity contribution in [2.75, 3.05) is 13.2 Å². The molecule has 7 amide bonds. The number of hydrogen-bond acceptors (Lipinski definition) is 12. The van der Waals surface area contributed by atoms with Crippen LogP contribution in [0.15, 0.2) is 0 Å². The molecule has 1 rings (SSSR count). The Morgan fingerprint density at radius 2 is 1.31 bits per heavy atom. The van der Waals surface area contributed by atoms with Crippen LogP contribution in [-0.4, -0.2) is 140 Å². The third kappa shape index (κ3) is 13.7. The van der Waals surface area contributed by atoms with Crippen LogP contribution in [0.1, 0.15) is 66.7 Å². The quantitative estimate of drug-likeness (QED) is 0.0526. The van der Waals surface area contributed by atoms with Gasteiger partial charge in [0.15, 0.2) is 0 Å². The molecule has 13 N–H and O–H groups in total. The van der Waals surface area contributed by atoms with Gasteiger partial charge in [-0.3, -0.25) is 38.4 Å². The van der Waals surface area contributed by atoms with Crippen LogP contribution in [0, 0.1) is 11.8 Å². The molecule has 0 radical (unpaired) electrons. The molecule has 1 aliphatic rings. The highest BCUT2D eigenvalue weighted by Crippen LogP contribution is 2.20. The summed E-state index contributed by atoms with van der Waals surface area (Å²) >= 11 is 0. The summed E-state index contributed by atoms with van der Waals surface area (Å²) in [7, 11) is 0. The number of aliphatic carboxylic acids is 2. The van der Waals surface area contributed by atoms with Crippen molar-refractivity contribution in [1.82, 2.24) is 31.5 Å². The molecule has 0 aromatic carbocycles. The zero-order valence-electron chi connectivity index (χ0n) is 29.8. The molecule has 8 atom stereocenters. The maximum absolute atomic E-state index is 13.9. The molecule has 21 nitrogen and oxygen atoms in total. The second kappa shape index (κ2) is 20.8. The Morgan fingerprint density at radius 3 is 1.79 bits per heavy atom. The molecule has 0 saturated carbocycles. The van der Waals surface area contributed by atoms with Crippen LogP contribution in [0.3, 0.4) is 0 Å². The van der Waals surface area contributed by atoms with E-state index in [1.54, 1.807) is 27.7 Å². The standard InChI is InChI=1S/C31H52N8O13/c1-13(2)22(33)27(47)38-24(15(5)41)29(49)37-23(14(3)4)28(48)34-16(8-9-20(32)42)30(50)39-10-6-7-19(39)26(46)35-17(11-21(43)44)25(45)36-18(12-40)31(51)52/h13-19,22-24,40-41H,6-12,33H2,1-5H3,(H2,32,42)(H,34,48)(H,35,46)(H,36,45)(H,37,49)(H,38,47)(H,43,44)(H,51,52)/t15-,16+,17+,18+,19+,22+,23+,24+/m1/s1. The van der Waals surface area contributed by atoms with Crippen LogP contribution >= 0.6 is 0 Å². The number of nitrogens with one attached hydrogen (secondary N) is 5. The number of hydrogen-bond donors (Lipinski definition) is 11. The Morgan fingerprint density at radius 1 is 0.750 bits per heavy atom. The highest BCUT2D eigenvalue weighted by atomic mass is 16.4. The molecular formula is C31H52N8O13. The van der Waals surface area contributed by atoms with Gasteiger partial charge in [-0.2, -0.15) is 0 Å². The summed E-state index contributed by atoms with van der Waals surface area (Å²) in [6.07, 6.45) is -2.79. The molecule has 1 saturated heterocycles. The molecule has 1 aliphatic heterocycles. The third-order valence-corrected chi connectivity index (χ3v) is 8.27. The molecule has 294 valence electrons. The molecule has 1 heterocycles. The van der Waals surface area contributed by atoms with E-state index in [2.05, 4.69) is 21.3 Å². The Balaban J connectivity index is 3.26. The lowest BCUT2D eigenvalue weighted by Gasteiger charge is -2.31. The molecule has 1 fully saturated rings. The molecule has 0 bridgehead atoms. The van der Waals surface area contributed by atoms with Crippen LogP contribution in [-0.2, 0) is 43.2 Å². The first kappa shape index (κ1) is 45.1. The molecular weight excluding hydrogens is 692 g/mol. The number of primary amides is 1. The van der Waals surface area contributed by atoms with E-state index in [0.29, 0.717) is 0 Å². The second-order valence-corrected chi connectivity index (χ2v) is 13.2. The number of aliphatic hydroxyl groups excluding tert-OH is 2. The molecule has 0 aromatic rings. The number of amides is 7. The first-order valence-electron chi connectivity index (χ1n) is 16.7. The summed E-state index contributed by atoms with van der Waals surface area (Å²) in [4.78, 5) is 115. The highest BCUT2D eigenvalue weighted by Gasteiger charge is 2.41. The van der Waals surface area contributed by atoms with E-state index in [1.807, 2.05) is 5.32 Å². The van der Waals surface area contributed by atoms with Gasteiger partial charge in [0, 0.05) is 13.0 Å². The fourth-order valence-corrected chi connectivity index (χ4v) is 5.15. The van der Waals surface area contributed by atoms with E-state index in [4.69, 9.17) is 16.6 Å². The number of likely N-dealkylation sites (tertiary alicyclic amines) is 1.